The van der Waals surface area contributed by atoms with Gasteiger partial charge in [-0.3, -0.25) is 4.79 Å². The zero-order valence-electron chi connectivity index (χ0n) is 7.15. The fourth-order valence-electron chi connectivity index (χ4n) is 1.21. The molecule has 0 unspecified atom stereocenters. The summed E-state index contributed by atoms with van der Waals surface area (Å²) in [6.45, 7) is 1.28. The fraction of sp³-hybridized carbons (Fsp3) is 0.222. The van der Waals surface area contributed by atoms with Crippen molar-refractivity contribution in [1.29, 1.82) is 0 Å². The van der Waals surface area contributed by atoms with Crippen LogP contribution in [0.15, 0.2) is 18.2 Å². The Morgan fingerprint density at radius 3 is 2.29 bits per heavy atom. The molecule has 0 saturated carbocycles. The van der Waals surface area contributed by atoms with Crippen LogP contribution >= 0.6 is 11.6 Å². The molecule has 0 atom stereocenters. The molecule has 1 aromatic rings. The number of hydrogen-bond donors (Lipinski definition) is 0. The molecule has 0 heterocycles. The fourth-order valence-corrected chi connectivity index (χ4v) is 1.37. The lowest BCUT2D eigenvalue weighted by molar-refractivity contribution is -0.138. The highest BCUT2D eigenvalue weighted by atomic mass is 35.5. The lowest BCUT2D eigenvalue weighted by Gasteiger charge is -2.12. The van der Waals surface area contributed by atoms with Crippen LogP contribution in [-0.2, 0) is 6.18 Å². The molecule has 76 valence electrons. The van der Waals surface area contributed by atoms with E-state index in [0.717, 1.165) is 6.07 Å². The quantitative estimate of drug-likeness (QED) is 0.666. The van der Waals surface area contributed by atoms with Gasteiger partial charge in [-0.15, -0.1) is 0 Å². The molecule has 14 heavy (non-hydrogen) atoms. The first-order valence-electron chi connectivity index (χ1n) is 3.70. The standard InChI is InChI=1S/C9H6ClF3O/c1-5-3-2-4-6(8(10)14)7(5)9(11,12)13/h2-4H,1H3. The summed E-state index contributed by atoms with van der Waals surface area (Å²) in [7, 11) is 0. The van der Waals surface area contributed by atoms with E-state index in [4.69, 9.17) is 11.6 Å². The van der Waals surface area contributed by atoms with E-state index in [1.807, 2.05) is 0 Å². The monoisotopic (exact) mass is 222 g/mol. The summed E-state index contributed by atoms with van der Waals surface area (Å²) in [6, 6.07) is 3.71. The van der Waals surface area contributed by atoms with E-state index in [9.17, 15) is 18.0 Å². The predicted molar refractivity (Wildman–Crippen MR) is 46.4 cm³/mol. The van der Waals surface area contributed by atoms with Crippen molar-refractivity contribution in [3.8, 4) is 0 Å². The first-order valence-corrected chi connectivity index (χ1v) is 4.08. The average molecular weight is 223 g/mol. The summed E-state index contributed by atoms with van der Waals surface area (Å²) in [5.41, 5.74) is -1.47. The first kappa shape index (κ1) is 11.0. The number of carbonyl (C=O) groups excluding carboxylic acids is 1. The van der Waals surface area contributed by atoms with E-state index in [0.29, 0.717) is 0 Å². The molecular formula is C9H6ClF3O. The summed E-state index contributed by atoms with van der Waals surface area (Å²) >= 11 is 5.05. The predicted octanol–water partition coefficient (Wildman–Crippen LogP) is 3.39. The van der Waals surface area contributed by atoms with Crippen molar-refractivity contribution < 1.29 is 18.0 Å². The number of rotatable bonds is 1. The molecule has 0 N–H and O–H groups in total. The van der Waals surface area contributed by atoms with Gasteiger partial charge in [-0.2, -0.15) is 13.2 Å². The minimum Gasteiger partial charge on any atom is -0.276 e. The van der Waals surface area contributed by atoms with E-state index in [1.165, 1.54) is 19.1 Å². The highest BCUT2D eigenvalue weighted by molar-refractivity contribution is 6.67. The highest BCUT2D eigenvalue weighted by Crippen LogP contribution is 2.34. The van der Waals surface area contributed by atoms with Crippen LogP contribution in [0.2, 0.25) is 0 Å². The molecule has 0 aliphatic heterocycles. The Kier molecular flexibility index (Phi) is 2.85. The second kappa shape index (κ2) is 3.61. The van der Waals surface area contributed by atoms with E-state index >= 15 is 0 Å². The molecule has 0 amide bonds. The zero-order valence-corrected chi connectivity index (χ0v) is 7.91. The lowest BCUT2D eigenvalue weighted by Crippen LogP contribution is -2.12. The SMILES string of the molecule is Cc1cccc(C(=O)Cl)c1C(F)(F)F. The van der Waals surface area contributed by atoms with Crippen molar-refractivity contribution in [3.63, 3.8) is 0 Å². The highest BCUT2D eigenvalue weighted by Gasteiger charge is 2.36. The van der Waals surface area contributed by atoms with Gasteiger partial charge in [0.2, 0.25) is 0 Å². The van der Waals surface area contributed by atoms with Gasteiger partial charge in [-0.05, 0) is 30.2 Å². The molecule has 5 heteroatoms. The lowest BCUT2D eigenvalue weighted by atomic mass is 10.0. The second-order valence-corrected chi connectivity index (χ2v) is 3.11. The average Bonchev–Trinajstić information content (AvgIpc) is 2.01. The van der Waals surface area contributed by atoms with Gasteiger partial charge in [-0.1, -0.05) is 12.1 Å². The molecule has 0 saturated heterocycles. The molecule has 0 radical (unpaired) electrons. The van der Waals surface area contributed by atoms with Gasteiger partial charge >= 0.3 is 6.18 Å². The van der Waals surface area contributed by atoms with Gasteiger partial charge < -0.3 is 0 Å². The Balaban J connectivity index is 3.45. The maximum Gasteiger partial charge on any atom is 0.417 e. The first-order chi connectivity index (χ1) is 6.34. The normalized spacial score (nSPS) is 11.5. The van der Waals surface area contributed by atoms with Gasteiger partial charge in [-0.25, -0.2) is 0 Å². The molecule has 1 nitrogen and oxygen atoms in total. The largest absolute Gasteiger partial charge is 0.417 e. The second-order valence-electron chi connectivity index (χ2n) is 2.77. The molecule has 0 aliphatic carbocycles. The number of alkyl halides is 3. The zero-order chi connectivity index (χ0) is 10.9. The minimum atomic E-state index is -4.55. The Labute approximate surface area is 83.5 Å². The van der Waals surface area contributed by atoms with Crippen molar-refractivity contribution in [2.75, 3.05) is 0 Å². The van der Waals surface area contributed by atoms with Crippen LogP contribution in [0.4, 0.5) is 13.2 Å². The van der Waals surface area contributed by atoms with Crippen LogP contribution in [0.3, 0.4) is 0 Å². The van der Waals surface area contributed by atoms with Crippen molar-refractivity contribution >= 4 is 16.8 Å². The third-order valence-corrected chi connectivity index (χ3v) is 1.97. The van der Waals surface area contributed by atoms with Crippen LogP contribution in [0.25, 0.3) is 0 Å². The van der Waals surface area contributed by atoms with E-state index in [2.05, 4.69) is 0 Å². The summed E-state index contributed by atoms with van der Waals surface area (Å²) < 4.78 is 37.4. The van der Waals surface area contributed by atoms with Crippen LogP contribution in [0.5, 0.6) is 0 Å². The summed E-state index contributed by atoms with van der Waals surface area (Å²) in [4.78, 5) is 10.7. The summed E-state index contributed by atoms with van der Waals surface area (Å²) in [5.74, 6) is 0. The van der Waals surface area contributed by atoms with Gasteiger partial charge in [0.25, 0.3) is 5.24 Å². The van der Waals surface area contributed by atoms with Crippen molar-refractivity contribution in [1.82, 2.24) is 0 Å². The van der Waals surface area contributed by atoms with Gasteiger partial charge in [0, 0.05) is 5.56 Å². The Morgan fingerprint density at radius 1 is 1.36 bits per heavy atom. The molecule has 0 aromatic heterocycles. The van der Waals surface area contributed by atoms with Crippen LogP contribution in [-0.4, -0.2) is 5.24 Å². The summed E-state index contributed by atoms with van der Waals surface area (Å²) in [6.07, 6.45) is -4.55. The summed E-state index contributed by atoms with van der Waals surface area (Å²) in [5, 5.41) is -1.10. The number of carbonyl (C=O) groups is 1. The molecule has 0 aliphatic rings. The van der Waals surface area contributed by atoms with Gasteiger partial charge in [0.05, 0.1) is 5.56 Å². The number of hydrogen-bond acceptors (Lipinski definition) is 1. The molecule has 0 fully saturated rings. The maximum absolute atomic E-state index is 12.5. The minimum absolute atomic E-state index is 0.0102. The third-order valence-electron chi connectivity index (χ3n) is 1.77. The van der Waals surface area contributed by atoms with E-state index in [-0.39, 0.29) is 5.56 Å². The Hall–Kier alpha value is -1.03. The molecule has 1 rings (SSSR count). The van der Waals surface area contributed by atoms with Crippen molar-refractivity contribution in [2.24, 2.45) is 0 Å². The Morgan fingerprint density at radius 2 is 1.93 bits per heavy atom. The molecule has 0 spiro atoms. The third kappa shape index (κ3) is 2.07. The molecule has 1 aromatic carbocycles. The van der Waals surface area contributed by atoms with Gasteiger partial charge in [0.1, 0.15) is 0 Å². The van der Waals surface area contributed by atoms with Crippen LogP contribution < -0.4 is 0 Å². The number of halogens is 4. The maximum atomic E-state index is 12.5. The van der Waals surface area contributed by atoms with Crippen molar-refractivity contribution in [3.05, 3.63) is 34.9 Å². The van der Waals surface area contributed by atoms with E-state index in [1.54, 1.807) is 0 Å². The van der Waals surface area contributed by atoms with E-state index < -0.39 is 22.5 Å². The Bertz CT molecular complexity index is 371. The topological polar surface area (TPSA) is 17.1 Å². The number of aryl methyl sites for hydroxylation is 1. The van der Waals surface area contributed by atoms with Gasteiger partial charge in [0.15, 0.2) is 0 Å². The molecule has 0 bridgehead atoms. The molecular weight excluding hydrogens is 217 g/mol. The smallest absolute Gasteiger partial charge is 0.276 e. The van der Waals surface area contributed by atoms with Crippen molar-refractivity contribution in [2.45, 2.75) is 13.1 Å². The van der Waals surface area contributed by atoms with Crippen LogP contribution in [0, 0.1) is 6.92 Å². The number of benzene rings is 1. The van der Waals surface area contributed by atoms with Crippen LogP contribution in [0.1, 0.15) is 21.5 Å².